The maximum atomic E-state index is 12.2. The van der Waals surface area contributed by atoms with Crippen molar-refractivity contribution in [2.24, 2.45) is 11.5 Å². The monoisotopic (exact) mass is 297 g/mol. The molecule has 5 nitrogen and oxygen atoms in total. The Morgan fingerprint density at radius 1 is 1.10 bits per heavy atom. The van der Waals surface area contributed by atoms with Crippen molar-refractivity contribution in [3.05, 3.63) is 35.4 Å². The molecule has 0 atom stereocenters. The molecule has 1 aliphatic carbocycles. The third-order valence-electron chi connectivity index (χ3n) is 3.76. The lowest BCUT2D eigenvalue weighted by Crippen LogP contribution is -2.51. The second-order valence-corrected chi connectivity index (χ2v) is 5.09. The third-order valence-corrected chi connectivity index (χ3v) is 3.76. The molecule has 0 heterocycles. The smallest absolute Gasteiger partial charge is 0.251 e. The minimum Gasteiger partial charge on any atom is -0.366 e. The van der Waals surface area contributed by atoms with E-state index in [4.69, 9.17) is 11.5 Å². The largest absolute Gasteiger partial charge is 0.366 e. The van der Waals surface area contributed by atoms with E-state index in [0.717, 1.165) is 25.7 Å². The zero-order valence-electron chi connectivity index (χ0n) is 11.2. The lowest BCUT2D eigenvalue weighted by molar-refractivity contribution is 0.0901. The van der Waals surface area contributed by atoms with Crippen molar-refractivity contribution in [2.45, 2.75) is 31.2 Å². The Kier molecular flexibility index (Phi) is 5.53. The molecule has 1 aliphatic rings. The van der Waals surface area contributed by atoms with Gasteiger partial charge >= 0.3 is 0 Å². The first-order valence-corrected chi connectivity index (χ1v) is 6.49. The highest BCUT2D eigenvalue weighted by Crippen LogP contribution is 2.28. The molecule has 110 valence electrons. The van der Waals surface area contributed by atoms with Crippen molar-refractivity contribution in [2.75, 3.05) is 6.54 Å². The molecule has 0 saturated heterocycles. The van der Waals surface area contributed by atoms with Gasteiger partial charge in [-0.2, -0.15) is 0 Å². The number of carbonyl (C=O) groups excluding carboxylic acids is 2. The SMILES string of the molecule is Cl.NCC1(NC(=O)c2ccc(C(N)=O)cc2)CCCC1. The second-order valence-electron chi connectivity index (χ2n) is 5.09. The first-order valence-electron chi connectivity index (χ1n) is 6.49. The summed E-state index contributed by atoms with van der Waals surface area (Å²) in [5.41, 5.74) is 11.6. The van der Waals surface area contributed by atoms with Gasteiger partial charge in [-0.05, 0) is 37.1 Å². The number of rotatable bonds is 4. The molecule has 0 aliphatic heterocycles. The average Bonchev–Trinajstić information content (AvgIpc) is 2.88. The number of carbonyl (C=O) groups is 2. The topological polar surface area (TPSA) is 98.2 Å². The summed E-state index contributed by atoms with van der Waals surface area (Å²) in [6.07, 6.45) is 4.04. The maximum Gasteiger partial charge on any atom is 0.251 e. The number of nitrogens with one attached hydrogen (secondary N) is 1. The Balaban J connectivity index is 0.00000200. The quantitative estimate of drug-likeness (QED) is 0.779. The van der Waals surface area contributed by atoms with E-state index in [9.17, 15) is 9.59 Å². The summed E-state index contributed by atoms with van der Waals surface area (Å²) in [6, 6.07) is 6.32. The Bertz CT molecular complexity index is 482. The van der Waals surface area contributed by atoms with Crippen LogP contribution in [0.2, 0.25) is 0 Å². The summed E-state index contributed by atoms with van der Waals surface area (Å²) in [5.74, 6) is -0.649. The van der Waals surface area contributed by atoms with E-state index < -0.39 is 5.91 Å². The predicted molar refractivity (Wildman–Crippen MR) is 79.9 cm³/mol. The molecule has 0 bridgehead atoms. The Morgan fingerprint density at radius 3 is 2.05 bits per heavy atom. The van der Waals surface area contributed by atoms with Crippen LogP contribution in [-0.2, 0) is 0 Å². The summed E-state index contributed by atoms with van der Waals surface area (Å²) in [7, 11) is 0. The van der Waals surface area contributed by atoms with Crippen molar-refractivity contribution < 1.29 is 9.59 Å². The van der Waals surface area contributed by atoms with Crippen LogP contribution in [0.25, 0.3) is 0 Å². The van der Waals surface area contributed by atoms with Crippen LogP contribution in [0.4, 0.5) is 0 Å². The number of benzene rings is 1. The van der Waals surface area contributed by atoms with E-state index in [0.29, 0.717) is 17.7 Å². The van der Waals surface area contributed by atoms with E-state index in [1.165, 1.54) is 0 Å². The van der Waals surface area contributed by atoms with Crippen LogP contribution in [0.1, 0.15) is 46.4 Å². The first kappa shape index (κ1) is 16.5. The zero-order valence-corrected chi connectivity index (χ0v) is 12.0. The molecule has 5 N–H and O–H groups in total. The summed E-state index contributed by atoms with van der Waals surface area (Å²) in [6.45, 7) is 0.456. The van der Waals surface area contributed by atoms with Gasteiger partial charge in [0.1, 0.15) is 0 Å². The van der Waals surface area contributed by atoms with Gasteiger partial charge in [0.15, 0.2) is 0 Å². The van der Waals surface area contributed by atoms with Crippen LogP contribution in [0, 0.1) is 0 Å². The highest BCUT2D eigenvalue weighted by molar-refractivity contribution is 5.97. The molecule has 0 aromatic heterocycles. The fourth-order valence-electron chi connectivity index (χ4n) is 2.53. The number of primary amides is 1. The van der Waals surface area contributed by atoms with Gasteiger partial charge in [-0.3, -0.25) is 9.59 Å². The predicted octanol–water partition coefficient (Wildman–Crippen LogP) is 1.21. The molecule has 1 aromatic carbocycles. The lowest BCUT2D eigenvalue weighted by atomic mass is 9.97. The highest BCUT2D eigenvalue weighted by Gasteiger charge is 2.33. The van der Waals surface area contributed by atoms with E-state index in [-0.39, 0.29) is 23.9 Å². The Labute approximate surface area is 124 Å². The fourth-order valence-corrected chi connectivity index (χ4v) is 2.53. The van der Waals surface area contributed by atoms with Gasteiger partial charge in [-0.15, -0.1) is 12.4 Å². The van der Waals surface area contributed by atoms with E-state index in [2.05, 4.69) is 5.32 Å². The molecule has 20 heavy (non-hydrogen) atoms. The van der Waals surface area contributed by atoms with E-state index in [1.807, 2.05) is 0 Å². The Hall–Kier alpha value is -1.59. The molecule has 6 heteroatoms. The van der Waals surface area contributed by atoms with Gasteiger partial charge in [0.2, 0.25) is 5.91 Å². The molecular formula is C14H20ClN3O2. The number of hydrogen-bond donors (Lipinski definition) is 3. The van der Waals surface area contributed by atoms with Crippen molar-refractivity contribution >= 4 is 24.2 Å². The molecule has 1 aromatic rings. The van der Waals surface area contributed by atoms with Crippen molar-refractivity contribution in [1.29, 1.82) is 0 Å². The first-order chi connectivity index (χ1) is 9.06. The van der Waals surface area contributed by atoms with Crippen LogP contribution in [0.3, 0.4) is 0 Å². The van der Waals surface area contributed by atoms with Gasteiger partial charge in [0.25, 0.3) is 5.91 Å². The Morgan fingerprint density at radius 2 is 1.60 bits per heavy atom. The molecule has 1 fully saturated rings. The van der Waals surface area contributed by atoms with Crippen LogP contribution < -0.4 is 16.8 Å². The molecule has 0 unspecified atom stereocenters. The summed E-state index contributed by atoms with van der Waals surface area (Å²) in [5, 5.41) is 3.03. The van der Waals surface area contributed by atoms with Gasteiger partial charge < -0.3 is 16.8 Å². The lowest BCUT2D eigenvalue weighted by Gasteiger charge is -2.28. The van der Waals surface area contributed by atoms with Gasteiger partial charge in [-0.25, -0.2) is 0 Å². The number of nitrogens with two attached hydrogens (primary N) is 2. The van der Waals surface area contributed by atoms with Crippen LogP contribution in [-0.4, -0.2) is 23.9 Å². The van der Waals surface area contributed by atoms with Crippen molar-refractivity contribution in [1.82, 2.24) is 5.32 Å². The molecule has 2 amide bonds. The normalized spacial score (nSPS) is 16.2. The van der Waals surface area contributed by atoms with Crippen LogP contribution in [0.5, 0.6) is 0 Å². The molecule has 0 spiro atoms. The standard InChI is InChI=1S/C14H19N3O2.ClH/c15-9-14(7-1-2-8-14)17-13(19)11-5-3-10(4-6-11)12(16)18;/h3-6H,1-2,7-9,15H2,(H2,16,18)(H,17,19);1H. The minimum absolute atomic E-state index is 0. The average molecular weight is 298 g/mol. The molecule has 2 rings (SSSR count). The summed E-state index contributed by atoms with van der Waals surface area (Å²) < 4.78 is 0. The minimum atomic E-state index is -0.499. The van der Waals surface area contributed by atoms with Crippen LogP contribution in [0.15, 0.2) is 24.3 Å². The molecule has 0 radical (unpaired) electrons. The van der Waals surface area contributed by atoms with Gasteiger partial charge in [0.05, 0.1) is 5.54 Å². The number of amides is 2. The van der Waals surface area contributed by atoms with E-state index in [1.54, 1.807) is 24.3 Å². The zero-order chi connectivity index (χ0) is 13.9. The molecular weight excluding hydrogens is 278 g/mol. The third kappa shape index (κ3) is 3.49. The van der Waals surface area contributed by atoms with Gasteiger partial charge in [0, 0.05) is 17.7 Å². The fraction of sp³-hybridized carbons (Fsp3) is 0.429. The van der Waals surface area contributed by atoms with Crippen molar-refractivity contribution in [3.8, 4) is 0 Å². The number of hydrogen-bond acceptors (Lipinski definition) is 3. The van der Waals surface area contributed by atoms with Gasteiger partial charge in [-0.1, -0.05) is 12.8 Å². The highest BCUT2D eigenvalue weighted by atomic mass is 35.5. The second kappa shape index (κ2) is 6.72. The molecule has 1 saturated carbocycles. The maximum absolute atomic E-state index is 12.2. The van der Waals surface area contributed by atoms with Crippen LogP contribution >= 0.6 is 12.4 Å². The van der Waals surface area contributed by atoms with E-state index >= 15 is 0 Å². The summed E-state index contributed by atoms with van der Waals surface area (Å²) >= 11 is 0. The number of halogens is 1. The summed E-state index contributed by atoms with van der Waals surface area (Å²) in [4.78, 5) is 23.1. The van der Waals surface area contributed by atoms with Crippen molar-refractivity contribution in [3.63, 3.8) is 0 Å².